The third kappa shape index (κ3) is 4.29. The van der Waals surface area contributed by atoms with E-state index in [9.17, 15) is 4.79 Å². The molecule has 0 aliphatic carbocycles. The van der Waals surface area contributed by atoms with Crippen LogP contribution in [0, 0.1) is 5.41 Å². The van der Waals surface area contributed by atoms with E-state index >= 15 is 0 Å². The van der Waals surface area contributed by atoms with Crippen LogP contribution in [0.1, 0.15) is 39.2 Å². The summed E-state index contributed by atoms with van der Waals surface area (Å²) in [5.41, 5.74) is 7.84. The van der Waals surface area contributed by atoms with Crippen molar-refractivity contribution in [1.82, 2.24) is 4.90 Å². The molecule has 1 aliphatic heterocycles. The molecule has 21 heavy (non-hydrogen) atoms. The zero-order valence-corrected chi connectivity index (χ0v) is 13.4. The molecule has 0 aromatic heterocycles. The van der Waals surface area contributed by atoms with Gasteiger partial charge < -0.3 is 11.1 Å². The van der Waals surface area contributed by atoms with Gasteiger partial charge in [-0.15, -0.1) is 0 Å². The molecule has 1 saturated heterocycles. The summed E-state index contributed by atoms with van der Waals surface area (Å²) in [5.74, 6) is -0.114. The number of carbonyl (C=O) groups is 1. The molecule has 0 bridgehead atoms. The van der Waals surface area contributed by atoms with Crippen molar-refractivity contribution in [2.24, 2.45) is 11.1 Å². The lowest BCUT2D eigenvalue weighted by atomic mass is 9.87. The van der Waals surface area contributed by atoms with E-state index in [2.05, 4.69) is 16.3 Å². The highest BCUT2D eigenvalue weighted by molar-refractivity contribution is 5.95. The van der Waals surface area contributed by atoms with Gasteiger partial charge in [0.1, 0.15) is 0 Å². The van der Waals surface area contributed by atoms with Gasteiger partial charge in [-0.3, -0.25) is 9.69 Å². The van der Waals surface area contributed by atoms with Crippen molar-refractivity contribution in [3.63, 3.8) is 0 Å². The lowest BCUT2D eigenvalue weighted by molar-refractivity contribution is -0.119. The number of carbonyl (C=O) groups excluding carboxylic acids is 1. The van der Waals surface area contributed by atoms with Gasteiger partial charge in [0.2, 0.25) is 5.91 Å². The number of hydrogen-bond donors (Lipinski definition) is 2. The fraction of sp³-hybridized carbons (Fsp3) is 0.588. The lowest BCUT2D eigenvalue weighted by Gasteiger charge is -2.26. The molecule has 0 radical (unpaired) electrons. The molecule has 1 aromatic carbocycles. The van der Waals surface area contributed by atoms with E-state index < -0.39 is 6.04 Å². The highest BCUT2D eigenvalue weighted by Crippen LogP contribution is 2.22. The molecule has 1 amide bonds. The molecular weight excluding hydrogens is 262 g/mol. The first-order chi connectivity index (χ1) is 9.88. The fourth-order valence-corrected chi connectivity index (χ4v) is 2.57. The Hall–Kier alpha value is -1.39. The average Bonchev–Trinajstić information content (AvgIpc) is 2.92. The quantitative estimate of drug-likeness (QED) is 0.895. The Kier molecular flexibility index (Phi) is 5.01. The predicted octanol–water partition coefficient (Wildman–Crippen LogP) is 2.59. The molecule has 1 aromatic rings. The van der Waals surface area contributed by atoms with Crippen molar-refractivity contribution in [2.45, 2.75) is 46.2 Å². The first-order valence-corrected chi connectivity index (χ1v) is 7.74. The Bertz CT molecular complexity index is 487. The SMILES string of the molecule is CC(C)(C)[C@H](N)C(=O)Nc1ccccc1CN1CCCC1. The summed E-state index contributed by atoms with van der Waals surface area (Å²) in [6, 6.07) is 7.49. The molecule has 1 heterocycles. The van der Waals surface area contributed by atoms with Crippen molar-refractivity contribution >= 4 is 11.6 Å². The molecule has 2 rings (SSSR count). The van der Waals surface area contributed by atoms with Gasteiger partial charge in [0, 0.05) is 12.2 Å². The second-order valence-corrected chi connectivity index (χ2v) is 6.97. The number of rotatable bonds is 4. The number of anilines is 1. The van der Waals surface area contributed by atoms with Crippen LogP contribution in [-0.4, -0.2) is 29.9 Å². The number of benzene rings is 1. The van der Waals surface area contributed by atoms with Crippen LogP contribution in [0.2, 0.25) is 0 Å². The summed E-state index contributed by atoms with van der Waals surface area (Å²) in [4.78, 5) is 14.7. The molecule has 0 unspecified atom stereocenters. The second kappa shape index (κ2) is 6.58. The van der Waals surface area contributed by atoms with Crippen molar-refractivity contribution in [1.29, 1.82) is 0 Å². The zero-order chi connectivity index (χ0) is 15.5. The van der Waals surface area contributed by atoms with Gasteiger partial charge in [0.05, 0.1) is 6.04 Å². The monoisotopic (exact) mass is 289 g/mol. The van der Waals surface area contributed by atoms with Gasteiger partial charge >= 0.3 is 0 Å². The normalized spacial score (nSPS) is 17.7. The number of para-hydroxylation sites is 1. The second-order valence-electron chi connectivity index (χ2n) is 6.97. The summed E-state index contributed by atoms with van der Waals surface area (Å²) < 4.78 is 0. The minimum Gasteiger partial charge on any atom is -0.324 e. The van der Waals surface area contributed by atoms with Gasteiger partial charge in [-0.25, -0.2) is 0 Å². The Morgan fingerprint density at radius 2 is 1.90 bits per heavy atom. The molecule has 1 atom stereocenters. The third-order valence-corrected chi connectivity index (χ3v) is 4.08. The standard InChI is InChI=1S/C17H27N3O/c1-17(2,3)15(18)16(21)19-14-9-5-4-8-13(14)12-20-10-6-7-11-20/h4-5,8-9,15H,6-7,10-12,18H2,1-3H3,(H,19,21)/t15-/m1/s1. The van der Waals surface area contributed by atoms with Gasteiger partial charge in [0.25, 0.3) is 0 Å². The molecule has 4 nitrogen and oxygen atoms in total. The minimum atomic E-state index is -0.516. The van der Waals surface area contributed by atoms with Crippen LogP contribution in [0.3, 0.4) is 0 Å². The maximum absolute atomic E-state index is 12.3. The van der Waals surface area contributed by atoms with E-state index in [1.807, 2.05) is 39.0 Å². The fourth-order valence-electron chi connectivity index (χ4n) is 2.57. The Morgan fingerprint density at radius 1 is 1.29 bits per heavy atom. The van der Waals surface area contributed by atoms with Crippen LogP contribution in [0.5, 0.6) is 0 Å². The van der Waals surface area contributed by atoms with Crippen LogP contribution >= 0.6 is 0 Å². The number of nitrogens with zero attached hydrogens (tertiary/aromatic N) is 1. The topological polar surface area (TPSA) is 58.4 Å². The first-order valence-electron chi connectivity index (χ1n) is 7.74. The first kappa shape index (κ1) is 16.0. The highest BCUT2D eigenvalue weighted by Gasteiger charge is 2.27. The van der Waals surface area contributed by atoms with Crippen LogP contribution in [0.25, 0.3) is 0 Å². The number of hydrogen-bond acceptors (Lipinski definition) is 3. The summed E-state index contributed by atoms with van der Waals surface area (Å²) in [7, 11) is 0. The Balaban J connectivity index is 2.07. The predicted molar refractivity (Wildman–Crippen MR) is 87.0 cm³/mol. The Labute approximate surface area is 127 Å². The summed E-state index contributed by atoms with van der Waals surface area (Å²) in [5, 5.41) is 3.00. The molecule has 1 fully saturated rings. The van der Waals surface area contributed by atoms with Crippen molar-refractivity contribution in [2.75, 3.05) is 18.4 Å². The van der Waals surface area contributed by atoms with E-state index in [1.54, 1.807) is 0 Å². The highest BCUT2D eigenvalue weighted by atomic mass is 16.2. The molecule has 4 heteroatoms. The van der Waals surface area contributed by atoms with Gasteiger partial charge in [-0.1, -0.05) is 39.0 Å². The third-order valence-electron chi connectivity index (χ3n) is 4.08. The average molecular weight is 289 g/mol. The van der Waals surface area contributed by atoms with Crippen LogP contribution in [-0.2, 0) is 11.3 Å². The molecule has 3 N–H and O–H groups in total. The summed E-state index contributed by atoms with van der Waals surface area (Å²) in [6.45, 7) is 9.11. The van der Waals surface area contributed by atoms with Crippen molar-refractivity contribution < 1.29 is 4.79 Å². The van der Waals surface area contributed by atoms with Crippen molar-refractivity contribution in [3.05, 3.63) is 29.8 Å². The van der Waals surface area contributed by atoms with E-state index in [4.69, 9.17) is 5.73 Å². The summed E-state index contributed by atoms with van der Waals surface area (Å²) >= 11 is 0. The number of nitrogens with one attached hydrogen (secondary N) is 1. The smallest absolute Gasteiger partial charge is 0.241 e. The van der Waals surface area contributed by atoms with E-state index in [0.717, 1.165) is 30.9 Å². The summed E-state index contributed by atoms with van der Waals surface area (Å²) in [6.07, 6.45) is 2.53. The molecule has 0 saturated carbocycles. The number of nitrogens with two attached hydrogens (primary N) is 1. The zero-order valence-electron chi connectivity index (χ0n) is 13.4. The maximum atomic E-state index is 12.3. The lowest BCUT2D eigenvalue weighted by Crippen LogP contribution is -2.45. The number of amides is 1. The van der Waals surface area contributed by atoms with Gasteiger partial charge in [0.15, 0.2) is 0 Å². The van der Waals surface area contributed by atoms with Crippen LogP contribution < -0.4 is 11.1 Å². The van der Waals surface area contributed by atoms with Gasteiger partial charge in [-0.05, 0) is 43.0 Å². The van der Waals surface area contributed by atoms with E-state index in [0.29, 0.717) is 0 Å². The van der Waals surface area contributed by atoms with Crippen molar-refractivity contribution in [3.8, 4) is 0 Å². The number of likely N-dealkylation sites (tertiary alicyclic amines) is 1. The molecule has 116 valence electrons. The molecule has 1 aliphatic rings. The van der Waals surface area contributed by atoms with E-state index in [1.165, 1.54) is 12.8 Å². The Morgan fingerprint density at radius 3 is 2.52 bits per heavy atom. The molecular formula is C17H27N3O. The van der Waals surface area contributed by atoms with E-state index in [-0.39, 0.29) is 11.3 Å². The minimum absolute atomic E-state index is 0.114. The van der Waals surface area contributed by atoms with Crippen LogP contribution in [0.15, 0.2) is 24.3 Å². The van der Waals surface area contributed by atoms with Crippen LogP contribution in [0.4, 0.5) is 5.69 Å². The van der Waals surface area contributed by atoms with Gasteiger partial charge in [-0.2, -0.15) is 0 Å². The molecule has 0 spiro atoms. The maximum Gasteiger partial charge on any atom is 0.241 e. The largest absolute Gasteiger partial charge is 0.324 e.